The third kappa shape index (κ3) is 2.58. The quantitative estimate of drug-likeness (QED) is 0.873. The van der Waals surface area contributed by atoms with Gasteiger partial charge in [-0.2, -0.15) is 0 Å². The predicted molar refractivity (Wildman–Crippen MR) is 74.4 cm³/mol. The summed E-state index contributed by atoms with van der Waals surface area (Å²) in [5.41, 5.74) is 2.53. The van der Waals surface area contributed by atoms with Crippen molar-refractivity contribution in [1.82, 2.24) is 14.9 Å². The van der Waals surface area contributed by atoms with Crippen molar-refractivity contribution in [3.8, 4) is 0 Å². The highest BCUT2D eigenvalue weighted by molar-refractivity contribution is 5.47. The number of aromatic nitrogens is 2. The lowest BCUT2D eigenvalue weighted by atomic mass is 9.96. The van der Waals surface area contributed by atoms with Crippen LogP contribution in [-0.4, -0.2) is 48.7 Å². The molecule has 5 heteroatoms. The lowest BCUT2D eigenvalue weighted by Gasteiger charge is -2.30. The summed E-state index contributed by atoms with van der Waals surface area (Å²) >= 11 is 0. The molecule has 19 heavy (non-hydrogen) atoms. The molecule has 3 rings (SSSR count). The Hall–Kier alpha value is -1.20. The van der Waals surface area contributed by atoms with Crippen molar-refractivity contribution in [3.63, 3.8) is 0 Å². The van der Waals surface area contributed by atoms with Gasteiger partial charge in [-0.25, -0.2) is 9.97 Å². The molecule has 1 fully saturated rings. The smallest absolute Gasteiger partial charge is 0.161 e. The van der Waals surface area contributed by atoms with Crippen LogP contribution < -0.4 is 5.32 Å². The van der Waals surface area contributed by atoms with Crippen LogP contribution >= 0.6 is 0 Å². The number of anilines is 1. The van der Waals surface area contributed by atoms with Gasteiger partial charge in [-0.15, -0.1) is 0 Å². The van der Waals surface area contributed by atoms with Crippen LogP contribution in [0.5, 0.6) is 0 Å². The van der Waals surface area contributed by atoms with Crippen LogP contribution in [0.3, 0.4) is 0 Å². The molecule has 0 spiro atoms. The lowest BCUT2D eigenvalue weighted by molar-refractivity contribution is -0.0255. The molecule has 5 nitrogen and oxygen atoms in total. The van der Waals surface area contributed by atoms with E-state index < -0.39 is 0 Å². The number of morpholine rings is 1. The average molecular weight is 262 g/mol. The molecule has 0 amide bonds. The maximum atomic E-state index is 5.83. The van der Waals surface area contributed by atoms with Gasteiger partial charge in [0.2, 0.25) is 0 Å². The molecule has 1 N–H and O–H groups in total. The SMILES string of the molecule is CNc1nc(C2CN(C)CCO2)nc2c1CCCC2. The summed E-state index contributed by atoms with van der Waals surface area (Å²) in [6, 6.07) is 0. The number of fused-ring (bicyclic) bond motifs is 1. The largest absolute Gasteiger partial charge is 0.373 e. The molecule has 0 radical (unpaired) electrons. The van der Waals surface area contributed by atoms with E-state index in [9.17, 15) is 0 Å². The fourth-order valence-corrected chi connectivity index (χ4v) is 2.90. The van der Waals surface area contributed by atoms with Gasteiger partial charge in [-0.05, 0) is 32.7 Å². The minimum Gasteiger partial charge on any atom is -0.373 e. The van der Waals surface area contributed by atoms with Crippen LogP contribution in [0, 0.1) is 0 Å². The van der Waals surface area contributed by atoms with Crippen molar-refractivity contribution in [1.29, 1.82) is 0 Å². The number of likely N-dealkylation sites (N-methyl/N-ethyl adjacent to an activating group) is 1. The fourth-order valence-electron chi connectivity index (χ4n) is 2.90. The Morgan fingerprint density at radius 3 is 2.89 bits per heavy atom. The molecule has 0 bridgehead atoms. The number of hydrogen-bond donors (Lipinski definition) is 1. The van der Waals surface area contributed by atoms with Crippen molar-refractivity contribution in [2.45, 2.75) is 31.8 Å². The first-order chi connectivity index (χ1) is 9.28. The Balaban J connectivity index is 1.93. The van der Waals surface area contributed by atoms with Gasteiger partial charge >= 0.3 is 0 Å². The van der Waals surface area contributed by atoms with Crippen LogP contribution in [0.4, 0.5) is 5.82 Å². The number of nitrogens with zero attached hydrogens (tertiary/aromatic N) is 3. The normalized spacial score (nSPS) is 24.0. The van der Waals surface area contributed by atoms with Gasteiger partial charge in [0.1, 0.15) is 11.9 Å². The highest BCUT2D eigenvalue weighted by Crippen LogP contribution is 2.28. The van der Waals surface area contributed by atoms with E-state index in [1.807, 2.05) is 7.05 Å². The first-order valence-electron chi connectivity index (χ1n) is 7.15. The number of ether oxygens (including phenoxy) is 1. The Kier molecular flexibility index (Phi) is 3.66. The second-order valence-corrected chi connectivity index (χ2v) is 5.43. The monoisotopic (exact) mass is 262 g/mol. The van der Waals surface area contributed by atoms with Crippen molar-refractivity contribution >= 4 is 5.82 Å². The number of aryl methyl sites for hydroxylation is 1. The highest BCUT2D eigenvalue weighted by Gasteiger charge is 2.25. The van der Waals surface area contributed by atoms with E-state index in [0.717, 1.165) is 44.2 Å². The third-order valence-electron chi connectivity index (χ3n) is 3.99. The molecule has 1 aliphatic carbocycles. The Morgan fingerprint density at radius 2 is 2.11 bits per heavy atom. The standard InChI is InChI=1S/C14H22N4O/c1-15-13-10-5-3-4-6-11(10)16-14(17-13)12-9-18(2)7-8-19-12/h12H,3-9H2,1-2H3,(H,15,16,17). The fraction of sp³-hybridized carbons (Fsp3) is 0.714. The maximum absolute atomic E-state index is 5.83. The van der Waals surface area contributed by atoms with Gasteiger partial charge in [0.25, 0.3) is 0 Å². The van der Waals surface area contributed by atoms with Crippen molar-refractivity contribution in [3.05, 3.63) is 17.1 Å². The minimum atomic E-state index is 0.0121. The molecule has 0 aromatic carbocycles. The third-order valence-corrected chi connectivity index (χ3v) is 3.99. The molecule has 2 aliphatic rings. The molecule has 1 aliphatic heterocycles. The zero-order chi connectivity index (χ0) is 13.2. The summed E-state index contributed by atoms with van der Waals surface area (Å²) in [5, 5.41) is 3.23. The Bertz CT molecular complexity index is 446. The van der Waals surface area contributed by atoms with Gasteiger partial charge in [0.15, 0.2) is 5.82 Å². The van der Waals surface area contributed by atoms with E-state index in [2.05, 4.69) is 22.2 Å². The number of hydrogen-bond acceptors (Lipinski definition) is 5. The number of rotatable bonds is 2. The second-order valence-electron chi connectivity index (χ2n) is 5.43. The van der Waals surface area contributed by atoms with Gasteiger partial charge < -0.3 is 15.0 Å². The van der Waals surface area contributed by atoms with Gasteiger partial charge in [-0.1, -0.05) is 0 Å². The Morgan fingerprint density at radius 1 is 1.26 bits per heavy atom. The summed E-state index contributed by atoms with van der Waals surface area (Å²) < 4.78 is 5.83. The Labute approximate surface area is 114 Å². The van der Waals surface area contributed by atoms with Crippen LogP contribution in [0.15, 0.2) is 0 Å². The van der Waals surface area contributed by atoms with Crippen LogP contribution in [0.1, 0.15) is 36.0 Å². The van der Waals surface area contributed by atoms with Crippen molar-refractivity contribution in [2.24, 2.45) is 0 Å². The van der Waals surface area contributed by atoms with Gasteiger partial charge in [0.05, 0.1) is 6.61 Å². The van der Waals surface area contributed by atoms with E-state index in [1.54, 1.807) is 0 Å². The van der Waals surface area contributed by atoms with Gasteiger partial charge in [-0.3, -0.25) is 0 Å². The minimum absolute atomic E-state index is 0.0121. The van der Waals surface area contributed by atoms with Gasteiger partial charge in [0, 0.05) is 31.4 Å². The topological polar surface area (TPSA) is 50.3 Å². The number of nitrogens with one attached hydrogen (secondary N) is 1. The first kappa shape index (κ1) is 12.8. The summed E-state index contributed by atoms with van der Waals surface area (Å²) in [6.07, 6.45) is 4.66. The predicted octanol–water partition coefficient (Wildman–Crippen LogP) is 1.40. The highest BCUT2D eigenvalue weighted by atomic mass is 16.5. The summed E-state index contributed by atoms with van der Waals surface area (Å²) in [5.74, 6) is 1.84. The molecular formula is C14H22N4O. The molecule has 2 heterocycles. The van der Waals surface area contributed by atoms with Crippen LogP contribution in [0.25, 0.3) is 0 Å². The van der Waals surface area contributed by atoms with E-state index in [0.29, 0.717) is 0 Å². The van der Waals surface area contributed by atoms with Crippen molar-refractivity contribution in [2.75, 3.05) is 39.1 Å². The zero-order valence-electron chi connectivity index (χ0n) is 11.8. The van der Waals surface area contributed by atoms with Crippen LogP contribution in [-0.2, 0) is 17.6 Å². The molecule has 0 saturated carbocycles. The average Bonchev–Trinajstić information content (AvgIpc) is 2.46. The van der Waals surface area contributed by atoms with Crippen molar-refractivity contribution < 1.29 is 4.74 Å². The molecule has 1 aromatic rings. The summed E-state index contributed by atoms with van der Waals surface area (Å²) in [4.78, 5) is 11.7. The van der Waals surface area contributed by atoms with E-state index >= 15 is 0 Å². The second kappa shape index (κ2) is 5.43. The van der Waals surface area contributed by atoms with E-state index in [1.165, 1.54) is 24.1 Å². The summed E-state index contributed by atoms with van der Waals surface area (Å²) in [7, 11) is 4.06. The van der Waals surface area contributed by atoms with E-state index in [-0.39, 0.29) is 6.10 Å². The molecule has 1 atom stereocenters. The lowest BCUT2D eigenvalue weighted by Crippen LogP contribution is -2.36. The molecule has 1 aromatic heterocycles. The summed E-state index contributed by atoms with van der Waals surface area (Å²) in [6.45, 7) is 2.62. The van der Waals surface area contributed by atoms with Crippen LogP contribution in [0.2, 0.25) is 0 Å². The molecule has 104 valence electrons. The molecule has 1 saturated heterocycles. The maximum Gasteiger partial charge on any atom is 0.161 e. The first-order valence-corrected chi connectivity index (χ1v) is 7.15. The molecule has 1 unspecified atom stereocenters. The van der Waals surface area contributed by atoms with E-state index in [4.69, 9.17) is 9.72 Å². The zero-order valence-corrected chi connectivity index (χ0v) is 11.8. The molecular weight excluding hydrogens is 240 g/mol.